The summed E-state index contributed by atoms with van der Waals surface area (Å²) in [4.78, 5) is 11.8. The Labute approximate surface area is 123 Å². The van der Waals surface area contributed by atoms with Gasteiger partial charge >= 0.3 is 0 Å². The van der Waals surface area contributed by atoms with Gasteiger partial charge in [0, 0.05) is 17.1 Å². The molecule has 0 saturated carbocycles. The Morgan fingerprint density at radius 1 is 1.32 bits per heavy atom. The van der Waals surface area contributed by atoms with Gasteiger partial charge in [-0.15, -0.1) is 0 Å². The molecule has 104 valence electrons. The number of carbonyl (C=O) groups excluding carboxylic acids is 1. The molecule has 1 aromatic rings. The summed E-state index contributed by atoms with van der Waals surface area (Å²) in [7, 11) is 0. The quantitative estimate of drug-likeness (QED) is 0.444. The molecule has 6 heteroatoms. The number of carbonyl (C=O) groups is 1. The maximum atomic E-state index is 11.8. The van der Waals surface area contributed by atoms with Gasteiger partial charge in [0.05, 0.1) is 0 Å². The molecule has 0 aliphatic carbocycles. The minimum atomic E-state index is -0.278. The van der Waals surface area contributed by atoms with Crippen LogP contribution < -0.4 is 16.2 Å². The maximum Gasteiger partial charge on any atom is 0.269 e. The summed E-state index contributed by atoms with van der Waals surface area (Å²) in [5, 5.41) is 3.95. The monoisotopic (exact) mass is 299 g/mol. The lowest BCUT2D eigenvalue weighted by atomic mass is 10.2. The van der Waals surface area contributed by atoms with Gasteiger partial charge in [0.1, 0.15) is 0 Å². The van der Waals surface area contributed by atoms with Gasteiger partial charge in [-0.1, -0.05) is 37.4 Å². The smallest absolute Gasteiger partial charge is 0.269 e. The van der Waals surface area contributed by atoms with Crippen molar-refractivity contribution in [3.8, 4) is 0 Å². The molecule has 19 heavy (non-hydrogen) atoms. The summed E-state index contributed by atoms with van der Waals surface area (Å²) in [5.74, 6) is -0.278. The van der Waals surface area contributed by atoms with Gasteiger partial charge in [0.15, 0.2) is 5.11 Å². The molecule has 0 spiro atoms. The summed E-state index contributed by atoms with van der Waals surface area (Å²) >= 11 is 10.8. The number of halogens is 1. The molecular formula is C13H18ClN3OS. The Morgan fingerprint density at radius 2 is 2.11 bits per heavy atom. The maximum absolute atomic E-state index is 11.8. The largest absolute Gasteiger partial charge is 0.361 e. The average Bonchev–Trinajstić information content (AvgIpc) is 2.41. The molecule has 1 aromatic carbocycles. The molecule has 0 aromatic heterocycles. The molecule has 3 N–H and O–H groups in total. The van der Waals surface area contributed by atoms with Crippen LogP contribution in [0.3, 0.4) is 0 Å². The van der Waals surface area contributed by atoms with Gasteiger partial charge in [-0.3, -0.25) is 15.6 Å². The highest BCUT2D eigenvalue weighted by atomic mass is 35.5. The number of rotatable bonds is 5. The molecule has 1 amide bonds. The Balaban J connectivity index is 2.28. The first-order valence-electron chi connectivity index (χ1n) is 6.23. The minimum Gasteiger partial charge on any atom is -0.361 e. The molecule has 0 fully saturated rings. The van der Waals surface area contributed by atoms with E-state index in [9.17, 15) is 4.79 Å². The van der Waals surface area contributed by atoms with E-state index in [1.54, 1.807) is 24.3 Å². The number of thiocarbonyl (C=S) groups is 1. The van der Waals surface area contributed by atoms with Crippen LogP contribution in [0, 0.1) is 0 Å². The van der Waals surface area contributed by atoms with Crippen molar-refractivity contribution >= 4 is 34.8 Å². The molecule has 1 rings (SSSR count). The van der Waals surface area contributed by atoms with Crippen molar-refractivity contribution in [1.29, 1.82) is 0 Å². The fraction of sp³-hybridized carbons (Fsp3) is 0.385. The summed E-state index contributed by atoms with van der Waals surface area (Å²) in [6.07, 6.45) is 3.37. The Morgan fingerprint density at radius 3 is 2.79 bits per heavy atom. The zero-order valence-electron chi connectivity index (χ0n) is 10.8. The van der Waals surface area contributed by atoms with E-state index in [-0.39, 0.29) is 5.91 Å². The third kappa shape index (κ3) is 6.40. The predicted octanol–water partition coefficient (Wildman–Crippen LogP) is 2.64. The number of hydrogen-bond acceptors (Lipinski definition) is 2. The molecule has 0 atom stereocenters. The fourth-order valence-corrected chi connectivity index (χ4v) is 1.78. The lowest BCUT2D eigenvalue weighted by Gasteiger charge is -2.11. The highest BCUT2D eigenvalue weighted by Crippen LogP contribution is 2.09. The highest BCUT2D eigenvalue weighted by Gasteiger charge is 2.05. The normalized spacial score (nSPS) is 9.79. The van der Waals surface area contributed by atoms with Gasteiger partial charge in [0.25, 0.3) is 5.91 Å². The molecule has 0 saturated heterocycles. The zero-order valence-corrected chi connectivity index (χ0v) is 12.4. The van der Waals surface area contributed by atoms with E-state index in [4.69, 9.17) is 23.8 Å². The molecule has 0 aliphatic heterocycles. The number of unbranched alkanes of at least 4 members (excludes halogenated alkanes) is 2. The zero-order chi connectivity index (χ0) is 14.1. The van der Waals surface area contributed by atoms with E-state index >= 15 is 0 Å². The second-order valence-corrected chi connectivity index (χ2v) is 4.90. The van der Waals surface area contributed by atoms with Gasteiger partial charge in [0.2, 0.25) is 0 Å². The minimum absolute atomic E-state index is 0.278. The lowest BCUT2D eigenvalue weighted by Crippen LogP contribution is -2.46. The van der Waals surface area contributed by atoms with Crippen LogP contribution in [0.25, 0.3) is 0 Å². The first kappa shape index (κ1) is 15.7. The van der Waals surface area contributed by atoms with E-state index in [0.717, 1.165) is 25.8 Å². The van der Waals surface area contributed by atoms with E-state index in [1.165, 1.54) is 0 Å². The lowest BCUT2D eigenvalue weighted by molar-refractivity contribution is 0.0943. The van der Waals surface area contributed by atoms with Crippen molar-refractivity contribution in [3.63, 3.8) is 0 Å². The molecular weight excluding hydrogens is 282 g/mol. The van der Waals surface area contributed by atoms with Crippen molar-refractivity contribution in [3.05, 3.63) is 34.9 Å². The first-order chi connectivity index (χ1) is 9.13. The average molecular weight is 300 g/mol. The first-order valence-corrected chi connectivity index (χ1v) is 7.02. The Kier molecular flexibility index (Phi) is 7.22. The van der Waals surface area contributed by atoms with Gasteiger partial charge < -0.3 is 5.32 Å². The van der Waals surface area contributed by atoms with Gasteiger partial charge in [-0.25, -0.2) is 0 Å². The van der Waals surface area contributed by atoms with Crippen LogP contribution in [-0.4, -0.2) is 17.6 Å². The van der Waals surface area contributed by atoms with Crippen LogP contribution >= 0.6 is 23.8 Å². The fourth-order valence-electron chi connectivity index (χ4n) is 1.44. The van der Waals surface area contributed by atoms with E-state index < -0.39 is 0 Å². The molecule has 4 nitrogen and oxygen atoms in total. The number of nitrogens with one attached hydrogen (secondary N) is 3. The van der Waals surface area contributed by atoms with Crippen LogP contribution in [0.4, 0.5) is 0 Å². The standard InChI is InChI=1S/C13H18ClN3OS/c1-2-3-4-8-15-13(19)17-16-12(18)10-6-5-7-11(14)9-10/h5-7,9H,2-4,8H2,1H3,(H,16,18)(H2,15,17,19). The van der Waals surface area contributed by atoms with E-state index in [1.807, 2.05) is 0 Å². The van der Waals surface area contributed by atoms with Crippen LogP contribution in [0.1, 0.15) is 36.5 Å². The predicted molar refractivity (Wildman–Crippen MR) is 82.2 cm³/mol. The van der Waals surface area contributed by atoms with E-state index in [0.29, 0.717) is 15.7 Å². The van der Waals surface area contributed by atoms with E-state index in [2.05, 4.69) is 23.1 Å². The highest BCUT2D eigenvalue weighted by molar-refractivity contribution is 7.80. The van der Waals surface area contributed by atoms with Gasteiger partial charge in [-0.2, -0.15) is 0 Å². The summed E-state index contributed by atoms with van der Waals surface area (Å²) in [6, 6.07) is 6.71. The SMILES string of the molecule is CCCCCNC(=S)NNC(=O)c1cccc(Cl)c1. The summed E-state index contributed by atoms with van der Waals surface area (Å²) in [6.45, 7) is 2.94. The Hall–Kier alpha value is -1.33. The van der Waals surface area contributed by atoms with Crippen molar-refractivity contribution in [2.45, 2.75) is 26.2 Å². The van der Waals surface area contributed by atoms with Crippen molar-refractivity contribution < 1.29 is 4.79 Å². The van der Waals surface area contributed by atoms with Crippen molar-refractivity contribution in [2.75, 3.05) is 6.54 Å². The molecule has 0 bridgehead atoms. The second-order valence-electron chi connectivity index (χ2n) is 4.05. The number of amides is 1. The summed E-state index contributed by atoms with van der Waals surface area (Å²) in [5.41, 5.74) is 5.65. The van der Waals surface area contributed by atoms with Crippen LogP contribution in [0.15, 0.2) is 24.3 Å². The molecule has 0 unspecified atom stereocenters. The van der Waals surface area contributed by atoms with Crippen molar-refractivity contribution in [2.24, 2.45) is 0 Å². The molecule has 0 heterocycles. The third-order valence-electron chi connectivity index (χ3n) is 2.44. The van der Waals surface area contributed by atoms with Crippen LogP contribution in [0.2, 0.25) is 5.02 Å². The summed E-state index contributed by atoms with van der Waals surface area (Å²) < 4.78 is 0. The topological polar surface area (TPSA) is 53.2 Å². The molecule has 0 aliphatic rings. The second kappa shape index (κ2) is 8.72. The number of benzene rings is 1. The number of hydrazine groups is 1. The van der Waals surface area contributed by atoms with Crippen LogP contribution in [-0.2, 0) is 0 Å². The Bertz CT molecular complexity index is 440. The van der Waals surface area contributed by atoms with Crippen molar-refractivity contribution in [1.82, 2.24) is 16.2 Å². The molecule has 0 radical (unpaired) electrons. The van der Waals surface area contributed by atoms with Crippen LogP contribution in [0.5, 0.6) is 0 Å². The number of hydrogen-bond donors (Lipinski definition) is 3. The third-order valence-corrected chi connectivity index (χ3v) is 2.92. The van der Waals surface area contributed by atoms with Gasteiger partial charge in [-0.05, 0) is 36.8 Å².